The summed E-state index contributed by atoms with van der Waals surface area (Å²) in [7, 11) is -2.97. The minimum Gasteiger partial charge on any atom is -0.229 e. The van der Waals surface area contributed by atoms with Crippen LogP contribution in [0.3, 0.4) is 0 Å². The summed E-state index contributed by atoms with van der Waals surface area (Å²) in [5.41, 5.74) is 0. The fraction of sp³-hybridized carbons (Fsp3) is 1.00. The molecule has 0 aliphatic carbocycles. The SMILES string of the molecule is CCCCS(=O)(=O)CC(Cl)CCl. The van der Waals surface area contributed by atoms with E-state index in [0.717, 1.165) is 6.42 Å². The van der Waals surface area contributed by atoms with Crippen molar-refractivity contribution in [1.29, 1.82) is 0 Å². The summed E-state index contributed by atoms with van der Waals surface area (Å²) in [5.74, 6) is 0.411. The van der Waals surface area contributed by atoms with Gasteiger partial charge in [0.25, 0.3) is 0 Å². The molecule has 0 saturated heterocycles. The van der Waals surface area contributed by atoms with Gasteiger partial charge in [-0.25, -0.2) is 8.42 Å². The van der Waals surface area contributed by atoms with Gasteiger partial charge < -0.3 is 0 Å². The Kier molecular flexibility index (Phi) is 6.32. The number of hydrogen-bond donors (Lipinski definition) is 0. The maximum absolute atomic E-state index is 11.2. The van der Waals surface area contributed by atoms with E-state index in [1.54, 1.807) is 0 Å². The standard InChI is InChI=1S/C7H14Cl2O2S/c1-2-3-4-12(10,11)6-7(9)5-8/h7H,2-6H2,1H3. The molecule has 0 spiro atoms. The van der Waals surface area contributed by atoms with Gasteiger partial charge in [-0.2, -0.15) is 0 Å². The molecule has 0 saturated carbocycles. The fourth-order valence-corrected chi connectivity index (χ4v) is 3.15. The molecule has 0 bridgehead atoms. The predicted molar refractivity (Wildman–Crippen MR) is 53.9 cm³/mol. The van der Waals surface area contributed by atoms with Crippen LogP contribution in [-0.2, 0) is 9.84 Å². The van der Waals surface area contributed by atoms with E-state index >= 15 is 0 Å². The lowest BCUT2D eigenvalue weighted by Gasteiger charge is -2.05. The lowest BCUT2D eigenvalue weighted by molar-refractivity contribution is 0.592. The molecule has 0 aromatic heterocycles. The average molecular weight is 233 g/mol. The Bertz CT molecular complexity index is 201. The third-order valence-corrected chi connectivity index (χ3v) is 4.25. The van der Waals surface area contributed by atoms with Crippen LogP contribution in [-0.4, -0.2) is 31.2 Å². The van der Waals surface area contributed by atoms with Gasteiger partial charge in [0.05, 0.1) is 16.9 Å². The summed E-state index contributed by atoms with van der Waals surface area (Å²) in [5, 5.41) is -0.450. The van der Waals surface area contributed by atoms with Gasteiger partial charge in [0.2, 0.25) is 0 Å². The van der Waals surface area contributed by atoms with E-state index in [-0.39, 0.29) is 17.4 Å². The molecule has 0 N–H and O–H groups in total. The first kappa shape index (κ1) is 12.5. The third-order valence-electron chi connectivity index (χ3n) is 1.41. The van der Waals surface area contributed by atoms with Crippen molar-refractivity contribution < 1.29 is 8.42 Å². The Labute approximate surface area is 84.2 Å². The van der Waals surface area contributed by atoms with E-state index in [2.05, 4.69) is 0 Å². The fourth-order valence-electron chi connectivity index (χ4n) is 0.768. The van der Waals surface area contributed by atoms with Gasteiger partial charge in [-0.3, -0.25) is 0 Å². The lowest BCUT2D eigenvalue weighted by atomic mass is 10.4. The van der Waals surface area contributed by atoms with Crippen LogP contribution >= 0.6 is 23.2 Å². The number of alkyl halides is 2. The minimum absolute atomic E-state index is 0.00193. The second kappa shape index (κ2) is 6.06. The van der Waals surface area contributed by atoms with Crippen LogP contribution in [0.1, 0.15) is 19.8 Å². The maximum atomic E-state index is 11.2. The number of rotatable bonds is 6. The molecule has 0 amide bonds. The molecule has 0 fully saturated rings. The lowest BCUT2D eigenvalue weighted by Crippen LogP contribution is -2.20. The van der Waals surface area contributed by atoms with Crippen LogP contribution in [0.5, 0.6) is 0 Å². The monoisotopic (exact) mass is 232 g/mol. The molecule has 1 unspecified atom stereocenters. The Hall–Kier alpha value is 0.530. The normalized spacial score (nSPS) is 14.6. The number of hydrogen-bond acceptors (Lipinski definition) is 2. The van der Waals surface area contributed by atoms with E-state index in [4.69, 9.17) is 23.2 Å². The quantitative estimate of drug-likeness (QED) is 0.658. The molecule has 1 atom stereocenters. The molecule has 74 valence electrons. The summed E-state index contributed by atoms with van der Waals surface area (Å²) in [6.45, 7) is 1.95. The molecular weight excluding hydrogens is 219 g/mol. The smallest absolute Gasteiger partial charge is 0.151 e. The van der Waals surface area contributed by atoms with Crippen molar-refractivity contribution in [2.45, 2.75) is 25.1 Å². The highest BCUT2D eigenvalue weighted by molar-refractivity contribution is 7.91. The van der Waals surface area contributed by atoms with Crippen molar-refractivity contribution in [3.8, 4) is 0 Å². The van der Waals surface area contributed by atoms with Crippen molar-refractivity contribution in [2.24, 2.45) is 0 Å². The zero-order valence-corrected chi connectivity index (χ0v) is 9.42. The zero-order valence-electron chi connectivity index (χ0n) is 7.09. The van der Waals surface area contributed by atoms with Crippen LogP contribution in [0, 0.1) is 0 Å². The molecule has 0 aliphatic heterocycles. The molecule has 5 heteroatoms. The molecule has 0 aromatic carbocycles. The van der Waals surface area contributed by atoms with Crippen LogP contribution in [0.2, 0.25) is 0 Å². The molecular formula is C7H14Cl2O2S. The van der Waals surface area contributed by atoms with Crippen LogP contribution in [0.25, 0.3) is 0 Å². The van der Waals surface area contributed by atoms with Gasteiger partial charge in [0, 0.05) is 5.88 Å². The second-order valence-corrected chi connectivity index (χ2v) is 5.87. The molecule has 12 heavy (non-hydrogen) atoms. The van der Waals surface area contributed by atoms with Crippen molar-refractivity contribution in [1.82, 2.24) is 0 Å². The molecule has 0 radical (unpaired) electrons. The Morgan fingerprint density at radius 3 is 2.42 bits per heavy atom. The summed E-state index contributed by atoms with van der Waals surface area (Å²) in [6.07, 6.45) is 1.58. The summed E-state index contributed by atoms with van der Waals surface area (Å²) < 4.78 is 22.4. The van der Waals surface area contributed by atoms with Crippen LogP contribution in [0.4, 0.5) is 0 Å². The van der Waals surface area contributed by atoms with Crippen LogP contribution < -0.4 is 0 Å². The van der Waals surface area contributed by atoms with Gasteiger partial charge in [0.1, 0.15) is 0 Å². The summed E-state index contributed by atoms with van der Waals surface area (Å²) in [4.78, 5) is 0. The summed E-state index contributed by atoms with van der Waals surface area (Å²) in [6, 6.07) is 0. The molecule has 0 heterocycles. The van der Waals surface area contributed by atoms with Crippen molar-refractivity contribution >= 4 is 33.0 Å². The third kappa shape index (κ3) is 6.09. The second-order valence-electron chi connectivity index (χ2n) is 2.72. The van der Waals surface area contributed by atoms with E-state index in [9.17, 15) is 8.42 Å². The molecule has 0 aliphatic rings. The first-order valence-corrected chi connectivity index (χ1v) is 6.71. The Balaban J connectivity index is 3.88. The zero-order chi connectivity index (χ0) is 9.61. The van der Waals surface area contributed by atoms with E-state index in [1.165, 1.54) is 0 Å². The van der Waals surface area contributed by atoms with Gasteiger partial charge in [-0.15, -0.1) is 23.2 Å². The van der Waals surface area contributed by atoms with Gasteiger partial charge in [-0.05, 0) is 6.42 Å². The van der Waals surface area contributed by atoms with Crippen molar-refractivity contribution in [3.05, 3.63) is 0 Å². The van der Waals surface area contributed by atoms with Crippen molar-refractivity contribution in [3.63, 3.8) is 0 Å². The molecule has 2 nitrogen and oxygen atoms in total. The van der Waals surface area contributed by atoms with Gasteiger partial charge >= 0.3 is 0 Å². The number of halogens is 2. The average Bonchev–Trinajstić information content (AvgIpc) is 2.00. The Morgan fingerprint density at radius 1 is 1.42 bits per heavy atom. The number of sulfone groups is 1. The van der Waals surface area contributed by atoms with Crippen LogP contribution in [0.15, 0.2) is 0 Å². The highest BCUT2D eigenvalue weighted by Crippen LogP contribution is 2.06. The van der Waals surface area contributed by atoms with Crippen molar-refractivity contribution in [2.75, 3.05) is 17.4 Å². The first-order chi connectivity index (χ1) is 5.52. The Morgan fingerprint density at radius 2 is 2.00 bits per heavy atom. The van der Waals surface area contributed by atoms with E-state index in [0.29, 0.717) is 6.42 Å². The minimum atomic E-state index is -2.97. The number of unbranched alkanes of at least 4 members (excludes halogenated alkanes) is 1. The highest BCUT2D eigenvalue weighted by atomic mass is 35.5. The van der Waals surface area contributed by atoms with Gasteiger partial charge in [0.15, 0.2) is 9.84 Å². The first-order valence-electron chi connectivity index (χ1n) is 3.92. The topological polar surface area (TPSA) is 34.1 Å². The maximum Gasteiger partial charge on any atom is 0.151 e. The summed E-state index contributed by atoms with van der Waals surface area (Å²) >= 11 is 11.0. The van der Waals surface area contributed by atoms with E-state index in [1.807, 2.05) is 6.92 Å². The largest absolute Gasteiger partial charge is 0.229 e. The molecule has 0 rings (SSSR count). The van der Waals surface area contributed by atoms with Gasteiger partial charge in [-0.1, -0.05) is 13.3 Å². The predicted octanol–water partition coefficient (Wildman–Crippen LogP) is 2.05. The molecule has 0 aromatic rings. The van der Waals surface area contributed by atoms with E-state index < -0.39 is 15.2 Å². The highest BCUT2D eigenvalue weighted by Gasteiger charge is 2.15.